The molecule has 2 aromatic rings. The van der Waals surface area contributed by atoms with Crippen LogP contribution in [0.2, 0.25) is 0 Å². The van der Waals surface area contributed by atoms with Crippen LogP contribution in [0.15, 0.2) is 29.8 Å². The van der Waals surface area contributed by atoms with Crippen LogP contribution in [0.3, 0.4) is 0 Å². The number of piperidine rings is 1. The van der Waals surface area contributed by atoms with Gasteiger partial charge in [-0.05, 0) is 44.7 Å². The zero-order chi connectivity index (χ0) is 18.5. The van der Waals surface area contributed by atoms with Crippen molar-refractivity contribution in [3.63, 3.8) is 0 Å². The standard InChI is InChI=1S/C19H24N4O2S/c1-13-5-7-16(8-6-13)22-19(25)20-10-15-4-3-9-23(11-15)18(24)17-14(2)21-12-26-17/h5-8,12,15H,3-4,9-11H2,1-2H3,(H2,20,22,25)/t15-/m1/s1. The number of anilines is 1. The molecule has 0 saturated carbocycles. The van der Waals surface area contributed by atoms with E-state index in [2.05, 4.69) is 15.6 Å². The molecule has 1 aliphatic heterocycles. The van der Waals surface area contributed by atoms with E-state index < -0.39 is 0 Å². The second-order valence-corrected chi connectivity index (χ2v) is 7.58. The van der Waals surface area contributed by atoms with Crippen molar-refractivity contribution in [2.24, 2.45) is 5.92 Å². The van der Waals surface area contributed by atoms with Crippen molar-refractivity contribution >= 4 is 29.0 Å². The van der Waals surface area contributed by atoms with Gasteiger partial charge in [-0.3, -0.25) is 4.79 Å². The number of aromatic nitrogens is 1. The summed E-state index contributed by atoms with van der Waals surface area (Å²) >= 11 is 1.39. The molecule has 1 aromatic carbocycles. The maximum atomic E-state index is 12.6. The van der Waals surface area contributed by atoms with Crippen LogP contribution in [0.25, 0.3) is 0 Å². The van der Waals surface area contributed by atoms with Crippen LogP contribution in [0.4, 0.5) is 10.5 Å². The van der Waals surface area contributed by atoms with Crippen LogP contribution in [0.5, 0.6) is 0 Å². The van der Waals surface area contributed by atoms with E-state index in [0.717, 1.165) is 41.2 Å². The molecule has 138 valence electrons. The lowest BCUT2D eigenvalue weighted by Gasteiger charge is -2.32. The zero-order valence-electron chi connectivity index (χ0n) is 15.1. The minimum Gasteiger partial charge on any atom is -0.338 e. The van der Waals surface area contributed by atoms with Crippen molar-refractivity contribution in [1.29, 1.82) is 0 Å². The number of carbonyl (C=O) groups excluding carboxylic acids is 2. The molecule has 0 unspecified atom stereocenters. The van der Waals surface area contributed by atoms with Crippen LogP contribution < -0.4 is 10.6 Å². The molecule has 0 spiro atoms. The Hall–Kier alpha value is -2.41. The molecular formula is C19H24N4O2S. The Morgan fingerprint density at radius 2 is 2.04 bits per heavy atom. The SMILES string of the molecule is Cc1ccc(NC(=O)NC[C@H]2CCCN(C(=O)c3scnc3C)C2)cc1. The summed E-state index contributed by atoms with van der Waals surface area (Å²) in [5, 5.41) is 5.76. The molecule has 7 heteroatoms. The highest BCUT2D eigenvalue weighted by Crippen LogP contribution is 2.21. The monoisotopic (exact) mass is 372 g/mol. The third-order valence-electron chi connectivity index (χ3n) is 4.61. The van der Waals surface area contributed by atoms with Crippen LogP contribution in [0, 0.1) is 19.8 Å². The highest BCUT2D eigenvalue weighted by molar-refractivity contribution is 7.11. The molecule has 3 rings (SSSR count). The van der Waals surface area contributed by atoms with Crippen molar-refractivity contribution in [2.45, 2.75) is 26.7 Å². The normalized spacial score (nSPS) is 17.0. The quantitative estimate of drug-likeness (QED) is 0.863. The van der Waals surface area contributed by atoms with E-state index in [9.17, 15) is 9.59 Å². The number of hydrogen-bond acceptors (Lipinski definition) is 4. The number of nitrogens with zero attached hydrogens (tertiary/aromatic N) is 2. The molecule has 0 aliphatic carbocycles. The summed E-state index contributed by atoms with van der Waals surface area (Å²) in [4.78, 5) is 31.5. The number of benzene rings is 1. The maximum absolute atomic E-state index is 12.6. The second-order valence-electron chi connectivity index (χ2n) is 6.73. The summed E-state index contributed by atoms with van der Waals surface area (Å²) in [7, 11) is 0. The van der Waals surface area contributed by atoms with Gasteiger partial charge in [0.2, 0.25) is 0 Å². The molecular weight excluding hydrogens is 348 g/mol. The van der Waals surface area contributed by atoms with Gasteiger partial charge in [-0.15, -0.1) is 11.3 Å². The Bertz CT molecular complexity index is 772. The summed E-state index contributed by atoms with van der Waals surface area (Å²) in [6.45, 7) is 5.86. The van der Waals surface area contributed by atoms with Gasteiger partial charge in [0.05, 0.1) is 11.2 Å². The molecule has 6 nitrogen and oxygen atoms in total. The number of thiazole rings is 1. The third-order valence-corrected chi connectivity index (χ3v) is 5.52. The van der Waals surface area contributed by atoms with Gasteiger partial charge in [-0.25, -0.2) is 9.78 Å². The molecule has 26 heavy (non-hydrogen) atoms. The highest BCUT2D eigenvalue weighted by Gasteiger charge is 2.26. The van der Waals surface area contributed by atoms with Gasteiger partial charge < -0.3 is 15.5 Å². The van der Waals surface area contributed by atoms with Gasteiger partial charge in [0, 0.05) is 25.3 Å². The lowest BCUT2D eigenvalue weighted by Crippen LogP contribution is -2.44. The van der Waals surface area contributed by atoms with Crippen LogP contribution in [0.1, 0.15) is 33.8 Å². The minimum atomic E-state index is -0.212. The summed E-state index contributed by atoms with van der Waals surface area (Å²) in [5.41, 5.74) is 4.42. The third kappa shape index (κ3) is 4.60. The number of carbonyl (C=O) groups is 2. The second kappa shape index (κ2) is 8.31. The van der Waals surface area contributed by atoms with E-state index >= 15 is 0 Å². The number of nitrogens with one attached hydrogen (secondary N) is 2. The minimum absolute atomic E-state index is 0.0545. The Morgan fingerprint density at radius 1 is 1.27 bits per heavy atom. The predicted molar refractivity (Wildman–Crippen MR) is 104 cm³/mol. The molecule has 1 fully saturated rings. The van der Waals surface area contributed by atoms with Crippen molar-refractivity contribution in [3.8, 4) is 0 Å². The number of hydrogen-bond donors (Lipinski definition) is 2. The first-order chi connectivity index (χ1) is 12.5. The smallest absolute Gasteiger partial charge is 0.319 e. The lowest BCUT2D eigenvalue weighted by atomic mass is 9.98. The predicted octanol–water partition coefficient (Wildman–Crippen LogP) is 3.43. The van der Waals surface area contributed by atoms with E-state index in [-0.39, 0.29) is 17.9 Å². The summed E-state index contributed by atoms with van der Waals surface area (Å²) in [6.07, 6.45) is 1.96. The van der Waals surface area contributed by atoms with E-state index in [1.165, 1.54) is 11.3 Å². The van der Waals surface area contributed by atoms with E-state index in [4.69, 9.17) is 0 Å². The molecule has 1 aliphatic rings. The average Bonchev–Trinajstić information content (AvgIpc) is 3.07. The number of amides is 3. The van der Waals surface area contributed by atoms with E-state index in [1.54, 1.807) is 5.51 Å². The average molecular weight is 372 g/mol. The first kappa shape index (κ1) is 18.4. The first-order valence-electron chi connectivity index (χ1n) is 8.84. The fourth-order valence-corrected chi connectivity index (χ4v) is 3.89. The zero-order valence-corrected chi connectivity index (χ0v) is 15.9. The molecule has 3 amide bonds. The fraction of sp³-hybridized carbons (Fsp3) is 0.421. The Morgan fingerprint density at radius 3 is 2.73 bits per heavy atom. The van der Waals surface area contributed by atoms with Crippen molar-refractivity contribution in [2.75, 3.05) is 25.0 Å². The van der Waals surface area contributed by atoms with Crippen molar-refractivity contribution < 1.29 is 9.59 Å². The number of aryl methyl sites for hydroxylation is 2. The van der Waals surface area contributed by atoms with Crippen LogP contribution >= 0.6 is 11.3 Å². The summed E-state index contributed by atoms with van der Waals surface area (Å²) < 4.78 is 0. The number of likely N-dealkylation sites (tertiary alicyclic amines) is 1. The Labute approximate surface area is 157 Å². The van der Waals surface area contributed by atoms with Gasteiger partial charge in [0.1, 0.15) is 4.88 Å². The van der Waals surface area contributed by atoms with Crippen LogP contribution in [-0.4, -0.2) is 41.5 Å². The maximum Gasteiger partial charge on any atom is 0.319 e. The Balaban J connectivity index is 1.49. The van der Waals surface area contributed by atoms with E-state index in [1.807, 2.05) is 43.0 Å². The Kier molecular flexibility index (Phi) is 5.88. The van der Waals surface area contributed by atoms with Crippen LogP contribution in [-0.2, 0) is 0 Å². The molecule has 0 bridgehead atoms. The van der Waals surface area contributed by atoms with Gasteiger partial charge in [-0.1, -0.05) is 17.7 Å². The van der Waals surface area contributed by atoms with Gasteiger partial charge in [-0.2, -0.15) is 0 Å². The lowest BCUT2D eigenvalue weighted by molar-refractivity contribution is 0.0679. The molecule has 1 atom stereocenters. The van der Waals surface area contributed by atoms with Gasteiger partial charge in [0.15, 0.2) is 0 Å². The van der Waals surface area contributed by atoms with E-state index in [0.29, 0.717) is 13.1 Å². The summed E-state index contributed by atoms with van der Waals surface area (Å²) in [5.74, 6) is 0.323. The van der Waals surface area contributed by atoms with Crippen molar-refractivity contribution in [1.82, 2.24) is 15.2 Å². The fourth-order valence-electron chi connectivity index (χ4n) is 3.12. The topological polar surface area (TPSA) is 74.3 Å². The summed E-state index contributed by atoms with van der Waals surface area (Å²) in [6, 6.07) is 7.47. The largest absolute Gasteiger partial charge is 0.338 e. The molecule has 2 heterocycles. The first-order valence-corrected chi connectivity index (χ1v) is 9.72. The molecule has 0 radical (unpaired) electrons. The number of rotatable bonds is 4. The number of urea groups is 1. The molecule has 2 N–H and O–H groups in total. The van der Waals surface area contributed by atoms with Gasteiger partial charge >= 0.3 is 6.03 Å². The molecule has 1 saturated heterocycles. The molecule has 1 aromatic heterocycles. The van der Waals surface area contributed by atoms with Gasteiger partial charge in [0.25, 0.3) is 5.91 Å². The van der Waals surface area contributed by atoms with Crippen molar-refractivity contribution in [3.05, 3.63) is 45.9 Å². The highest BCUT2D eigenvalue weighted by atomic mass is 32.1.